The minimum Gasteiger partial charge on any atom is -0.507 e. The average molecular weight is 432 g/mol. The molecule has 0 bridgehead atoms. The second-order valence-electron chi connectivity index (χ2n) is 7.78. The molecule has 1 unspecified atom stereocenters. The molecule has 6 heteroatoms. The van der Waals surface area contributed by atoms with E-state index in [0.29, 0.717) is 45.7 Å². The van der Waals surface area contributed by atoms with Crippen LogP contribution in [0.1, 0.15) is 11.1 Å². The molecule has 32 heavy (non-hydrogen) atoms. The summed E-state index contributed by atoms with van der Waals surface area (Å²) in [5.41, 5.74) is 3.14. The van der Waals surface area contributed by atoms with E-state index in [1.807, 2.05) is 25.2 Å². The van der Waals surface area contributed by atoms with Crippen molar-refractivity contribution >= 4 is 11.0 Å². The van der Waals surface area contributed by atoms with Gasteiger partial charge in [0.1, 0.15) is 30.7 Å². The zero-order chi connectivity index (χ0) is 22.7. The van der Waals surface area contributed by atoms with Crippen LogP contribution < -0.4 is 19.8 Å². The molecule has 0 amide bonds. The van der Waals surface area contributed by atoms with Crippen molar-refractivity contribution in [3.63, 3.8) is 0 Å². The van der Waals surface area contributed by atoms with Gasteiger partial charge in [0.05, 0.1) is 37.8 Å². The number of quaternary nitrogens is 1. The second kappa shape index (κ2) is 9.16. The average Bonchev–Trinajstić information content (AvgIpc) is 2.81. The van der Waals surface area contributed by atoms with Crippen LogP contribution in [0.4, 0.5) is 0 Å². The van der Waals surface area contributed by atoms with Gasteiger partial charge >= 0.3 is 0 Å². The summed E-state index contributed by atoms with van der Waals surface area (Å²) in [6.07, 6.45) is 1.45. The summed E-state index contributed by atoms with van der Waals surface area (Å²) in [5.74, 6) is 1.23. The summed E-state index contributed by atoms with van der Waals surface area (Å²) in [7, 11) is 5.15. The highest BCUT2D eigenvalue weighted by molar-refractivity contribution is 5.85. The van der Waals surface area contributed by atoms with Crippen molar-refractivity contribution in [2.24, 2.45) is 0 Å². The number of phenols is 1. The smallest absolute Gasteiger partial charge is 0.200 e. The molecule has 0 saturated heterocycles. The highest BCUT2D eigenvalue weighted by Gasteiger charge is 2.19. The van der Waals surface area contributed by atoms with Crippen LogP contribution >= 0.6 is 0 Å². The van der Waals surface area contributed by atoms with Crippen molar-refractivity contribution in [3.05, 3.63) is 88.3 Å². The minimum atomic E-state index is -0.166. The molecule has 0 aliphatic rings. The molecule has 1 atom stereocenters. The lowest BCUT2D eigenvalue weighted by atomic mass is 10.0. The Kier molecular flexibility index (Phi) is 6.14. The summed E-state index contributed by atoms with van der Waals surface area (Å²) in [6, 6.07) is 18.6. The Morgan fingerprint density at radius 3 is 2.41 bits per heavy atom. The van der Waals surface area contributed by atoms with Gasteiger partial charge in [-0.1, -0.05) is 36.4 Å². The monoisotopic (exact) mass is 432 g/mol. The molecule has 4 rings (SSSR count). The Balaban J connectivity index is 1.72. The van der Waals surface area contributed by atoms with Crippen LogP contribution in [-0.2, 0) is 13.1 Å². The zero-order valence-electron chi connectivity index (χ0n) is 18.3. The maximum absolute atomic E-state index is 13.3. The number of nitrogens with one attached hydrogen (secondary N) is 1. The molecule has 0 saturated carbocycles. The van der Waals surface area contributed by atoms with Gasteiger partial charge in [-0.2, -0.15) is 0 Å². The van der Waals surface area contributed by atoms with Crippen LogP contribution in [0.2, 0.25) is 0 Å². The molecule has 2 N–H and O–H groups in total. The first-order chi connectivity index (χ1) is 15.5. The molecule has 164 valence electrons. The van der Waals surface area contributed by atoms with Crippen molar-refractivity contribution in [1.82, 2.24) is 0 Å². The molecule has 1 aromatic heterocycles. The van der Waals surface area contributed by atoms with Crippen molar-refractivity contribution < 1.29 is 23.9 Å². The second-order valence-corrected chi connectivity index (χ2v) is 7.78. The zero-order valence-corrected chi connectivity index (χ0v) is 18.3. The van der Waals surface area contributed by atoms with Crippen LogP contribution in [0.25, 0.3) is 22.1 Å². The Morgan fingerprint density at radius 1 is 0.938 bits per heavy atom. The van der Waals surface area contributed by atoms with E-state index >= 15 is 0 Å². The molecule has 0 fully saturated rings. The highest BCUT2D eigenvalue weighted by Crippen LogP contribution is 2.33. The lowest BCUT2D eigenvalue weighted by Gasteiger charge is -2.16. The first kappa shape index (κ1) is 21.5. The van der Waals surface area contributed by atoms with Gasteiger partial charge in [0, 0.05) is 5.56 Å². The third kappa shape index (κ3) is 4.18. The number of methoxy groups -OCH3 is 2. The van der Waals surface area contributed by atoms with Gasteiger partial charge in [0.15, 0.2) is 11.5 Å². The number of ether oxygens (including phenoxy) is 2. The van der Waals surface area contributed by atoms with Crippen molar-refractivity contribution in [1.29, 1.82) is 0 Å². The first-order valence-electron chi connectivity index (χ1n) is 10.4. The van der Waals surface area contributed by atoms with E-state index in [0.717, 1.165) is 11.4 Å². The molecule has 4 aromatic rings. The maximum Gasteiger partial charge on any atom is 0.200 e. The van der Waals surface area contributed by atoms with Gasteiger partial charge in [0.25, 0.3) is 0 Å². The summed E-state index contributed by atoms with van der Waals surface area (Å²) in [4.78, 5) is 14.5. The third-order valence-electron chi connectivity index (χ3n) is 5.54. The van der Waals surface area contributed by atoms with Crippen molar-refractivity contribution in [2.75, 3.05) is 21.3 Å². The van der Waals surface area contributed by atoms with Gasteiger partial charge in [-0.05, 0) is 29.8 Å². The molecular weight excluding hydrogens is 406 g/mol. The molecule has 3 aromatic carbocycles. The number of fused-ring (bicyclic) bond motifs is 1. The fourth-order valence-electron chi connectivity index (χ4n) is 3.93. The predicted octanol–water partition coefficient (Wildman–Crippen LogP) is 3.40. The number of benzene rings is 3. The Morgan fingerprint density at radius 2 is 1.69 bits per heavy atom. The topological polar surface area (TPSA) is 73.3 Å². The van der Waals surface area contributed by atoms with Gasteiger partial charge in [-0.15, -0.1) is 0 Å². The minimum absolute atomic E-state index is 0.118. The van der Waals surface area contributed by atoms with Gasteiger partial charge < -0.3 is 23.9 Å². The van der Waals surface area contributed by atoms with E-state index in [4.69, 9.17) is 13.9 Å². The summed E-state index contributed by atoms with van der Waals surface area (Å²) in [5, 5.41) is 10.9. The van der Waals surface area contributed by atoms with Gasteiger partial charge in [0.2, 0.25) is 5.43 Å². The molecule has 6 nitrogen and oxygen atoms in total. The van der Waals surface area contributed by atoms with Gasteiger partial charge in [-0.25, -0.2) is 0 Å². The van der Waals surface area contributed by atoms with Crippen LogP contribution in [0.15, 0.2) is 76.1 Å². The molecule has 0 radical (unpaired) electrons. The van der Waals surface area contributed by atoms with Crippen LogP contribution in [0.5, 0.6) is 17.2 Å². The van der Waals surface area contributed by atoms with E-state index in [9.17, 15) is 9.90 Å². The van der Waals surface area contributed by atoms with E-state index in [-0.39, 0.29) is 11.2 Å². The molecule has 0 aliphatic carbocycles. The van der Waals surface area contributed by atoms with E-state index < -0.39 is 0 Å². The van der Waals surface area contributed by atoms with E-state index in [1.165, 1.54) is 11.8 Å². The lowest BCUT2D eigenvalue weighted by Crippen LogP contribution is -3.06. The highest BCUT2D eigenvalue weighted by atomic mass is 16.5. The fourth-order valence-corrected chi connectivity index (χ4v) is 3.93. The van der Waals surface area contributed by atoms with Crippen LogP contribution in [-0.4, -0.2) is 26.4 Å². The Hall–Kier alpha value is -3.77. The fraction of sp³-hybridized carbons (Fsp3) is 0.192. The van der Waals surface area contributed by atoms with Crippen LogP contribution in [0, 0.1) is 0 Å². The molecule has 1 heterocycles. The number of aromatic hydroxyl groups is 1. The number of hydrogen-bond acceptors (Lipinski definition) is 5. The quantitative estimate of drug-likeness (QED) is 0.468. The largest absolute Gasteiger partial charge is 0.507 e. The number of hydrogen-bond donors (Lipinski definition) is 2. The SMILES string of the molecule is COc1ccc(-c2coc3c(C[NH+](C)Cc4ccccc4)c(O)ccc3c2=O)cc1OC. The summed E-state index contributed by atoms with van der Waals surface area (Å²) < 4.78 is 16.6. The number of phenolic OH excluding ortho intramolecular Hbond substituents is 1. The standard InChI is InChI=1S/C26H25NO5/c1-27(14-17-7-5-4-6-8-17)15-20-22(28)11-10-19-25(29)21(16-32-26(19)20)18-9-12-23(30-2)24(13-18)31-3/h4-13,16,28H,14-15H2,1-3H3/p+1. The summed E-state index contributed by atoms with van der Waals surface area (Å²) >= 11 is 0. The van der Waals surface area contributed by atoms with Crippen LogP contribution in [0.3, 0.4) is 0 Å². The van der Waals surface area contributed by atoms with Crippen molar-refractivity contribution in [2.45, 2.75) is 13.1 Å². The maximum atomic E-state index is 13.3. The predicted molar refractivity (Wildman–Crippen MR) is 123 cm³/mol. The third-order valence-corrected chi connectivity index (χ3v) is 5.54. The first-order valence-corrected chi connectivity index (χ1v) is 10.4. The number of rotatable bonds is 7. The Labute approximate surface area is 186 Å². The van der Waals surface area contributed by atoms with E-state index in [2.05, 4.69) is 12.1 Å². The van der Waals surface area contributed by atoms with Crippen molar-refractivity contribution in [3.8, 4) is 28.4 Å². The molecule has 0 spiro atoms. The lowest BCUT2D eigenvalue weighted by molar-refractivity contribution is -0.907. The normalized spacial score (nSPS) is 12.0. The summed E-state index contributed by atoms with van der Waals surface area (Å²) in [6.45, 7) is 1.29. The van der Waals surface area contributed by atoms with Gasteiger partial charge in [-0.3, -0.25) is 4.79 Å². The molecular formula is C26H26NO5+. The van der Waals surface area contributed by atoms with E-state index in [1.54, 1.807) is 44.6 Å². The Bertz CT molecular complexity index is 1300. The molecule has 0 aliphatic heterocycles.